The molecule has 0 fully saturated rings. The molecule has 0 heterocycles. The third-order valence-electron chi connectivity index (χ3n) is 2.75. The Labute approximate surface area is 121 Å². The van der Waals surface area contributed by atoms with Gasteiger partial charge in [-0.2, -0.15) is 0 Å². The SMILES string of the molecule is CNC(=O)c1ccc(NS(=O)(=O)c2ccccc2F)cc1. The molecule has 0 aliphatic heterocycles. The van der Waals surface area contributed by atoms with Crippen LogP contribution in [0.2, 0.25) is 0 Å². The first kappa shape index (κ1) is 15.0. The highest BCUT2D eigenvalue weighted by molar-refractivity contribution is 7.92. The van der Waals surface area contributed by atoms with Gasteiger partial charge in [-0.05, 0) is 36.4 Å². The van der Waals surface area contributed by atoms with Crippen LogP contribution in [0.5, 0.6) is 0 Å². The van der Waals surface area contributed by atoms with Crippen molar-refractivity contribution in [3.8, 4) is 0 Å². The molecule has 0 saturated heterocycles. The fourth-order valence-electron chi connectivity index (χ4n) is 1.71. The van der Waals surface area contributed by atoms with Crippen molar-refractivity contribution in [3.63, 3.8) is 0 Å². The molecular formula is C14H13FN2O3S. The first-order valence-electron chi connectivity index (χ1n) is 6.03. The number of hydrogen-bond acceptors (Lipinski definition) is 3. The minimum atomic E-state index is -4.01. The topological polar surface area (TPSA) is 75.3 Å². The zero-order valence-corrected chi connectivity index (χ0v) is 11.9. The summed E-state index contributed by atoms with van der Waals surface area (Å²) < 4.78 is 39.9. The third kappa shape index (κ3) is 3.38. The minimum absolute atomic E-state index is 0.242. The van der Waals surface area contributed by atoms with Crippen molar-refractivity contribution < 1.29 is 17.6 Å². The van der Waals surface area contributed by atoms with Crippen LogP contribution >= 0.6 is 0 Å². The molecule has 0 unspecified atom stereocenters. The molecular weight excluding hydrogens is 295 g/mol. The van der Waals surface area contributed by atoms with E-state index in [1.807, 2.05) is 0 Å². The van der Waals surface area contributed by atoms with Gasteiger partial charge in [-0.25, -0.2) is 12.8 Å². The van der Waals surface area contributed by atoms with E-state index in [-0.39, 0.29) is 11.6 Å². The molecule has 0 radical (unpaired) electrons. The van der Waals surface area contributed by atoms with Crippen LogP contribution in [-0.4, -0.2) is 21.4 Å². The Morgan fingerprint density at radius 1 is 1.05 bits per heavy atom. The molecule has 1 amide bonds. The predicted molar refractivity (Wildman–Crippen MR) is 77.0 cm³/mol. The molecule has 110 valence electrons. The lowest BCUT2D eigenvalue weighted by atomic mass is 10.2. The van der Waals surface area contributed by atoms with Crippen molar-refractivity contribution in [2.75, 3.05) is 11.8 Å². The number of halogens is 1. The maximum absolute atomic E-state index is 13.5. The Kier molecular flexibility index (Phi) is 4.23. The Morgan fingerprint density at radius 3 is 2.24 bits per heavy atom. The molecule has 0 bridgehead atoms. The molecule has 7 heteroatoms. The van der Waals surface area contributed by atoms with Crippen LogP contribution in [0.4, 0.5) is 10.1 Å². The predicted octanol–water partition coefficient (Wildman–Crippen LogP) is 1.99. The third-order valence-corrected chi connectivity index (χ3v) is 4.17. The quantitative estimate of drug-likeness (QED) is 0.907. The van der Waals surface area contributed by atoms with E-state index in [4.69, 9.17) is 0 Å². The summed E-state index contributed by atoms with van der Waals surface area (Å²) in [6, 6.07) is 10.9. The van der Waals surface area contributed by atoms with Gasteiger partial charge in [0.25, 0.3) is 15.9 Å². The average Bonchev–Trinajstić information content (AvgIpc) is 2.47. The highest BCUT2D eigenvalue weighted by Gasteiger charge is 2.18. The first-order valence-corrected chi connectivity index (χ1v) is 7.52. The number of carbonyl (C=O) groups is 1. The van der Waals surface area contributed by atoms with E-state index < -0.39 is 20.7 Å². The second kappa shape index (κ2) is 5.92. The summed E-state index contributed by atoms with van der Waals surface area (Å²) in [5.41, 5.74) is 0.636. The normalized spacial score (nSPS) is 11.0. The van der Waals surface area contributed by atoms with Gasteiger partial charge < -0.3 is 5.32 Å². The summed E-state index contributed by atoms with van der Waals surface area (Å²) in [5, 5.41) is 2.46. The summed E-state index contributed by atoms with van der Waals surface area (Å²) in [6.07, 6.45) is 0. The highest BCUT2D eigenvalue weighted by Crippen LogP contribution is 2.18. The summed E-state index contributed by atoms with van der Waals surface area (Å²) >= 11 is 0. The Morgan fingerprint density at radius 2 is 1.67 bits per heavy atom. The molecule has 5 nitrogen and oxygen atoms in total. The zero-order valence-electron chi connectivity index (χ0n) is 11.1. The van der Waals surface area contributed by atoms with E-state index in [0.717, 1.165) is 6.07 Å². The second-order valence-corrected chi connectivity index (χ2v) is 5.84. The van der Waals surface area contributed by atoms with E-state index in [0.29, 0.717) is 5.56 Å². The second-order valence-electron chi connectivity index (χ2n) is 4.19. The lowest BCUT2D eigenvalue weighted by molar-refractivity contribution is 0.0963. The molecule has 0 aromatic heterocycles. The van der Waals surface area contributed by atoms with E-state index in [1.165, 1.54) is 49.5 Å². The van der Waals surface area contributed by atoms with Crippen LogP contribution < -0.4 is 10.0 Å². The lowest BCUT2D eigenvalue weighted by Gasteiger charge is -2.09. The lowest BCUT2D eigenvalue weighted by Crippen LogP contribution is -2.18. The summed E-state index contributed by atoms with van der Waals surface area (Å²) in [7, 11) is -2.51. The first-order chi connectivity index (χ1) is 9.94. The van der Waals surface area contributed by atoms with Crippen LogP contribution in [0.25, 0.3) is 0 Å². The van der Waals surface area contributed by atoms with E-state index in [2.05, 4.69) is 10.0 Å². The van der Waals surface area contributed by atoms with Gasteiger partial charge >= 0.3 is 0 Å². The fourth-order valence-corrected chi connectivity index (χ4v) is 2.85. The van der Waals surface area contributed by atoms with Crippen molar-refractivity contribution in [3.05, 3.63) is 59.9 Å². The van der Waals surface area contributed by atoms with Crippen LogP contribution in [0.3, 0.4) is 0 Å². The molecule has 2 aromatic carbocycles. The average molecular weight is 308 g/mol. The smallest absolute Gasteiger partial charge is 0.264 e. The van der Waals surface area contributed by atoms with Crippen LogP contribution in [-0.2, 0) is 10.0 Å². The van der Waals surface area contributed by atoms with Gasteiger partial charge in [-0.3, -0.25) is 9.52 Å². The number of anilines is 1. The molecule has 0 saturated carbocycles. The van der Waals surface area contributed by atoms with Gasteiger partial charge in [0.2, 0.25) is 0 Å². The summed E-state index contributed by atoms with van der Waals surface area (Å²) in [4.78, 5) is 10.9. The highest BCUT2D eigenvalue weighted by atomic mass is 32.2. The van der Waals surface area contributed by atoms with Gasteiger partial charge in [-0.15, -0.1) is 0 Å². The van der Waals surface area contributed by atoms with Gasteiger partial charge in [-0.1, -0.05) is 12.1 Å². The maximum Gasteiger partial charge on any atom is 0.264 e. The van der Waals surface area contributed by atoms with Crippen molar-refractivity contribution in [2.24, 2.45) is 0 Å². The van der Waals surface area contributed by atoms with Crippen molar-refractivity contribution in [1.82, 2.24) is 5.32 Å². The number of amides is 1. The van der Waals surface area contributed by atoms with Crippen LogP contribution in [0.1, 0.15) is 10.4 Å². The number of carbonyl (C=O) groups excluding carboxylic acids is 1. The molecule has 0 spiro atoms. The Bertz CT molecular complexity index is 758. The molecule has 21 heavy (non-hydrogen) atoms. The largest absolute Gasteiger partial charge is 0.355 e. The monoisotopic (exact) mass is 308 g/mol. The number of rotatable bonds is 4. The minimum Gasteiger partial charge on any atom is -0.355 e. The number of nitrogens with one attached hydrogen (secondary N) is 2. The standard InChI is InChI=1S/C14H13FN2O3S/c1-16-14(18)10-6-8-11(9-7-10)17-21(19,20)13-5-3-2-4-12(13)15/h2-9,17H,1H3,(H,16,18). The number of benzene rings is 2. The summed E-state index contributed by atoms with van der Waals surface area (Å²) in [5.74, 6) is -1.11. The van der Waals surface area contributed by atoms with Gasteiger partial charge in [0.15, 0.2) is 0 Å². The van der Waals surface area contributed by atoms with Crippen LogP contribution in [0.15, 0.2) is 53.4 Å². The van der Waals surface area contributed by atoms with Crippen molar-refractivity contribution in [2.45, 2.75) is 4.90 Å². The van der Waals surface area contributed by atoms with E-state index in [9.17, 15) is 17.6 Å². The Hall–Kier alpha value is -2.41. The maximum atomic E-state index is 13.5. The van der Waals surface area contributed by atoms with Crippen molar-refractivity contribution >= 4 is 21.6 Å². The van der Waals surface area contributed by atoms with E-state index >= 15 is 0 Å². The Balaban J connectivity index is 2.25. The molecule has 2 rings (SSSR count). The zero-order chi connectivity index (χ0) is 15.5. The van der Waals surface area contributed by atoms with E-state index in [1.54, 1.807) is 0 Å². The fraction of sp³-hybridized carbons (Fsp3) is 0.0714. The molecule has 0 aliphatic rings. The molecule has 0 atom stereocenters. The number of sulfonamides is 1. The van der Waals surface area contributed by atoms with Crippen molar-refractivity contribution in [1.29, 1.82) is 0 Å². The van der Waals surface area contributed by atoms with Gasteiger partial charge in [0.05, 0.1) is 0 Å². The molecule has 2 N–H and O–H groups in total. The number of hydrogen-bond donors (Lipinski definition) is 2. The van der Waals surface area contributed by atoms with Crippen LogP contribution in [0, 0.1) is 5.82 Å². The van der Waals surface area contributed by atoms with Gasteiger partial charge in [0.1, 0.15) is 10.7 Å². The molecule has 2 aromatic rings. The molecule has 0 aliphatic carbocycles. The summed E-state index contributed by atoms with van der Waals surface area (Å²) in [6.45, 7) is 0. The van der Waals surface area contributed by atoms with Gasteiger partial charge in [0, 0.05) is 18.3 Å².